The summed E-state index contributed by atoms with van der Waals surface area (Å²) in [4.78, 5) is 27.3. The molecule has 3 aromatic rings. The van der Waals surface area contributed by atoms with E-state index in [0.717, 1.165) is 24.3 Å². The zero-order valence-corrected chi connectivity index (χ0v) is 18.9. The van der Waals surface area contributed by atoms with Gasteiger partial charge in [0.2, 0.25) is 0 Å². The molecular formula is C26H27NO4S. The summed E-state index contributed by atoms with van der Waals surface area (Å²) in [5.74, 6) is -1.61. The molecule has 2 N–H and O–H groups in total. The summed E-state index contributed by atoms with van der Waals surface area (Å²) in [5.41, 5.74) is 2.79. The number of aromatic carboxylic acids is 2. The van der Waals surface area contributed by atoms with Crippen molar-refractivity contribution in [1.29, 1.82) is 0 Å². The Balaban J connectivity index is 1.81. The van der Waals surface area contributed by atoms with Gasteiger partial charge in [0.25, 0.3) is 0 Å². The molecule has 4 rings (SSSR count). The van der Waals surface area contributed by atoms with Crippen molar-refractivity contribution in [3.8, 4) is 11.1 Å². The largest absolute Gasteiger partial charge is 0.478 e. The summed E-state index contributed by atoms with van der Waals surface area (Å²) in [6.45, 7) is 3.25. The lowest BCUT2D eigenvalue weighted by Crippen LogP contribution is -2.28. The van der Waals surface area contributed by atoms with E-state index in [4.69, 9.17) is 0 Å². The molecule has 1 fully saturated rings. The number of thiophene rings is 1. The fourth-order valence-electron chi connectivity index (χ4n) is 4.65. The van der Waals surface area contributed by atoms with E-state index in [1.807, 2.05) is 18.2 Å². The fraction of sp³-hybridized carbons (Fsp3) is 0.308. The first-order valence-electron chi connectivity index (χ1n) is 10.9. The van der Waals surface area contributed by atoms with Gasteiger partial charge in [-0.05, 0) is 66.5 Å². The van der Waals surface area contributed by atoms with Crippen molar-refractivity contribution in [2.75, 3.05) is 11.4 Å². The summed E-state index contributed by atoms with van der Waals surface area (Å²) in [6.07, 6.45) is 4.97. The van der Waals surface area contributed by atoms with E-state index < -0.39 is 11.9 Å². The van der Waals surface area contributed by atoms with Gasteiger partial charge in [-0.1, -0.05) is 37.1 Å². The van der Waals surface area contributed by atoms with E-state index in [-0.39, 0.29) is 16.7 Å². The third-order valence-corrected chi connectivity index (χ3v) is 7.17. The Morgan fingerprint density at radius 1 is 1.00 bits per heavy atom. The molecule has 32 heavy (non-hydrogen) atoms. The van der Waals surface area contributed by atoms with Crippen molar-refractivity contribution in [2.45, 2.75) is 39.2 Å². The number of carbonyl (C=O) groups is 2. The molecule has 5 nitrogen and oxygen atoms in total. The Kier molecular flexibility index (Phi) is 6.61. The van der Waals surface area contributed by atoms with Gasteiger partial charge < -0.3 is 15.1 Å². The van der Waals surface area contributed by atoms with E-state index in [9.17, 15) is 19.8 Å². The molecule has 1 aliphatic carbocycles. The summed E-state index contributed by atoms with van der Waals surface area (Å²) in [7, 11) is 0. The lowest BCUT2D eigenvalue weighted by Gasteiger charge is -2.30. The third kappa shape index (κ3) is 4.70. The summed E-state index contributed by atoms with van der Waals surface area (Å²) >= 11 is 1.72. The van der Waals surface area contributed by atoms with E-state index in [1.165, 1.54) is 30.6 Å². The molecule has 166 valence electrons. The van der Waals surface area contributed by atoms with Crippen molar-refractivity contribution in [3.05, 3.63) is 75.5 Å². The highest BCUT2D eigenvalue weighted by Crippen LogP contribution is 2.36. The highest BCUT2D eigenvalue weighted by molar-refractivity contribution is 7.09. The standard InChI is InChI=1S/C26H27NO4S/c1-17-22(25(28)29)13-19(14-23(17)26(30)31)21-10-4-5-11-24(21)27(15-18-7-2-3-8-18)16-20-9-6-12-32-20/h4-6,9-14,18H,2-3,7-8,15-16H2,1H3,(H,28,29)(H,30,31). The van der Waals surface area contributed by atoms with Gasteiger partial charge in [0.1, 0.15) is 0 Å². The first-order valence-corrected chi connectivity index (χ1v) is 11.8. The summed E-state index contributed by atoms with van der Waals surface area (Å²) in [6, 6.07) is 15.3. The molecular weight excluding hydrogens is 422 g/mol. The van der Waals surface area contributed by atoms with Crippen molar-refractivity contribution < 1.29 is 19.8 Å². The minimum atomic E-state index is -1.12. The van der Waals surface area contributed by atoms with Crippen LogP contribution in [0.2, 0.25) is 0 Å². The van der Waals surface area contributed by atoms with E-state index in [2.05, 4.69) is 28.5 Å². The number of rotatable bonds is 8. The Labute approximate surface area is 192 Å². The van der Waals surface area contributed by atoms with Gasteiger partial charge in [-0.25, -0.2) is 9.59 Å². The molecule has 6 heteroatoms. The predicted molar refractivity (Wildman–Crippen MR) is 128 cm³/mol. The van der Waals surface area contributed by atoms with Gasteiger partial charge in [-0.15, -0.1) is 11.3 Å². The van der Waals surface area contributed by atoms with Crippen LogP contribution in [0.15, 0.2) is 53.9 Å². The van der Waals surface area contributed by atoms with Gasteiger partial charge >= 0.3 is 11.9 Å². The average molecular weight is 450 g/mol. The first-order chi connectivity index (χ1) is 15.4. The molecule has 0 spiro atoms. The van der Waals surface area contributed by atoms with Crippen LogP contribution in [-0.4, -0.2) is 28.7 Å². The molecule has 0 atom stereocenters. The molecule has 0 radical (unpaired) electrons. The monoisotopic (exact) mass is 449 g/mol. The topological polar surface area (TPSA) is 77.8 Å². The van der Waals surface area contributed by atoms with Crippen molar-refractivity contribution in [3.63, 3.8) is 0 Å². The number of carboxylic acids is 2. The van der Waals surface area contributed by atoms with Crippen LogP contribution >= 0.6 is 11.3 Å². The highest BCUT2D eigenvalue weighted by Gasteiger charge is 2.23. The second-order valence-corrected chi connectivity index (χ2v) is 9.47. The van der Waals surface area contributed by atoms with Crippen LogP contribution in [0.4, 0.5) is 5.69 Å². The number of benzene rings is 2. The highest BCUT2D eigenvalue weighted by atomic mass is 32.1. The predicted octanol–water partition coefficient (Wildman–Crippen LogP) is 6.32. The van der Waals surface area contributed by atoms with Gasteiger partial charge in [0.05, 0.1) is 17.7 Å². The molecule has 1 saturated carbocycles. The lowest BCUT2D eigenvalue weighted by molar-refractivity contribution is 0.0696. The number of nitrogens with zero attached hydrogens (tertiary/aromatic N) is 1. The van der Waals surface area contributed by atoms with Crippen LogP contribution in [0.3, 0.4) is 0 Å². The smallest absolute Gasteiger partial charge is 0.335 e. The van der Waals surface area contributed by atoms with Crippen LogP contribution in [0.5, 0.6) is 0 Å². The van der Waals surface area contributed by atoms with Gasteiger partial charge in [0, 0.05) is 22.7 Å². The first kappa shape index (κ1) is 22.1. The quantitative estimate of drug-likeness (QED) is 0.421. The molecule has 0 bridgehead atoms. The minimum Gasteiger partial charge on any atom is -0.478 e. The Morgan fingerprint density at radius 2 is 1.66 bits per heavy atom. The average Bonchev–Trinajstić information content (AvgIpc) is 3.47. The maximum absolute atomic E-state index is 11.8. The third-order valence-electron chi connectivity index (χ3n) is 6.30. The molecule has 1 heterocycles. The molecule has 0 amide bonds. The Bertz CT molecular complexity index is 1080. The Hall–Kier alpha value is -3.12. The van der Waals surface area contributed by atoms with Gasteiger partial charge in [-0.3, -0.25) is 0 Å². The van der Waals surface area contributed by atoms with Gasteiger partial charge in [0.15, 0.2) is 0 Å². The second-order valence-electron chi connectivity index (χ2n) is 8.43. The van der Waals surface area contributed by atoms with Crippen molar-refractivity contribution >= 4 is 29.0 Å². The van der Waals surface area contributed by atoms with Crippen LogP contribution in [0, 0.1) is 12.8 Å². The summed E-state index contributed by atoms with van der Waals surface area (Å²) in [5, 5.41) is 21.4. The van der Waals surface area contributed by atoms with E-state index in [1.54, 1.807) is 30.4 Å². The Morgan fingerprint density at radius 3 is 2.25 bits per heavy atom. The zero-order valence-electron chi connectivity index (χ0n) is 18.1. The molecule has 2 aromatic carbocycles. The van der Waals surface area contributed by atoms with Crippen molar-refractivity contribution in [2.24, 2.45) is 5.92 Å². The van der Waals surface area contributed by atoms with Crippen LogP contribution in [0.25, 0.3) is 11.1 Å². The molecule has 0 aliphatic heterocycles. The zero-order chi connectivity index (χ0) is 22.7. The molecule has 0 unspecified atom stereocenters. The number of hydrogen-bond acceptors (Lipinski definition) is 4. The van der Waals surface area contributed by atoms with E-state index in [0.29, 0.717) is 11.5 Å². The van der Waals surface area contributed by atoms with E-state index >= 15 is 0 Å². The van der Waals surface area contributed by atoms with Crippen LogP contribution in [0.1, 0.15) is 56.8 Å². The number of anilines is 1. The molecule has 1 aliphatic rings. The lowest BCUT2D eigenvalue weighted by atomic mass is 9.93. The summed E-state index contributed by atoms with van der Waals surface area (Å²) < 4.78 is 0. The van der Waals surface area contributed by atoms with Gasteiger partial charge in [-0.2, -0.15) is 0 Å². The van der Waals surface area contributed by atoms with Crippen LogP contribution < -0.4 is 4.90 Å². The number of hydrogen-bond donors (Lipinski definition) is 2. The van der Waals surface area contributed by atoms with Crippen LogP contribution in [-0.2, 0) is 6.54 Å². The number of carboxylic acid groups (broad SMARTS) is 2. The SMILES string of the molecule is Cc1c(C(=O)O)cc(-c2ccccc2N(Cc2cccs2)CC2CCCC2)cc1C(=O)O. The number of para-hydroxylation sites is 1. The fourth-order valence-corrected chi connectivity index (χ4v) is 5.37. The van der Waals surface area contributed by atoms with Crippen molar-refractivity contribution in [1.82, 2.24) is 0 Å². The normalized spacial score (nSPS) is 13.9. The molecule has 0 saturated heterocycles. The second kappa shape index (κ2) is 9.57. The minimum absolute atomic E-state index is 0.0234. The maximum Gasteiger partial charge on any atom is 0.335 e. The maximum atomic E-state index is 11.8. The molecule has 1 aromatic heterocycles.